The lowest BCUT2D eigenvalue weighted by molar-refractivity contribution is -0.122. The summed E-state index contributed by atoms with van der Waals surface area (Å²) in [5.74, 6) is 0.0300. The summed E-state index contributed by atoms with van der Waals surface area (Å²) in [6.45, 7) is 5.26. The number of phenols is 1. The summed E-state index contributed by atoms with van der Waals surface area (Å²) in [5.41, 5.74) is 5.75. The number of aromatic hydroxyl groups is 1. The van der Waals surface area contributed by atoms with E-state index in [9.17, 15) is 14.7 Å². The van der Waals surface area contributed by atoms with Crippen molar-refractivity contribution < 1.29 is 19.4 Å². The minimum atomic E-state index is -0.906. The molecule has 1 fully saturated rings. The van der Waals surface area contributed by atoms with Crippen LogP contribution in [0.3, 0.4) is 0 Å². The van der Waals surface area contributed by atoms with Gasteiger partial charge in [0.25, 0.3) is 11.8 Å². The highest BCUT2D eigenvalue weighted by atomic mass is 35.5. The topological polar surface area (TPSA) is 103 Å². The molecule has 2 unspecified atom stereocenters. The molecule has 2 atom stereocenters. The van der Waals surface area contributed by atoms with Crippen molar-refractivity contribution >= 4 is 92.9 Å². The highest BCUT2D eigenvalue weighted by molar-refractivity contribution is 8.01. The van der Waals surface area contributed by atoms with Crippen molar-refractivity contribution in [1.82, 2.24) is 5.43 Å². The van der Waals surface area contributed by atoms with Gasteiger partial charge in [0, 0.05) is 9.92 Å². The van der Waals surface area contributed by atoms with Crippen molar-refractivity contribution in [3.8, 4) is 11.5 Å². The van der Waals surface area contributed by atoms with Crippen LogP contribution in [0.15, 0.2) is 82.7 Å². The van der Waals surface area contributed by atoms with Crippen LogP contribution in [0.1, 0.15) is 18.1 Å². The van der Waals surface area contributed by atoms with Crippen LogP contribution in [-0.2, 0) is 9.59 Å². The first kappa shape index (κ1) is 32.8. The Kier molecular flexibility index (Phi) is 10.1. The van der Waals surface area contributed by atoms with Gasteiger partial charge in [-0.3, -0.25) is 15.0 Å². The molecule has 13 heteroatoms. The first-order valence-electron chi connectivity index (χ1n) is 13.5. The Labute approximate surface area is 284 Å². The number of thioether (sulfide) groups is 1. The van der Waals surface area contributed by atoms with Crippen molar-refractivity contribution in [1.29, 1.82) is 0 Å². The molecule has 1 aliphatic rings. The first-order chi connectivity index (χ1) is 21.4. The molecular formula is C32H26Cl4N4O4S. The number of aryl methyl sites for hydroxylation is 2. The van der Waals surface area contributed by atoms with Gasteiger partial charge < -0.3 is 15.2 Å². The number of nitrogens with one attached hydrogen (secondary N) is 2. The first-order valence-corrected chi connectivity index (χ1v) is 15.9. The molecule has 1 aliphatic heterocycles. The molecule has 0 spiro atoms. The number of aliphatic imine (C=N–C) groups is 1. The number of hydrogen-bond acceptors (Lipinski definition) is 6. The molecule has 0 aromatic heterocycles. The lowest BCUT2D eigenvalue weighted by Crippen LogP contribution is -2.36. The molecule has 0 saturated carbocycles. The van der Waals surface area contributed by atoms with Gasteiger partial charge >= 0.3 is 0 Å². The summed E-state index contributed by atoms with van der Waals surface area (Å²) >= 11 is 26.7. The zero-order valence-electron chi connectivity index (χ0n) is 24.1. The van der Waals surface area contributed by atoms with E-state index in [2.05, 4.69) is 10.7 Å². The fraction of sp³-hybridized carbons (Fsp3) is 0.156. The zero-order chi connectivity index (χ0) is 32.4. The number of carbonyl (C=O) groups is 2. The van der Waals surface area contributed by atoms with E-state index in [0.29, 0.717) is 37.6 Å². The summed E-state index contributed by atoms with van der Waals surface area (Å²) in [7, 11) is 0. The maximum absolute atomic E-state index is 14.0. The van der Waals surface area contributed by atoms with E-state index >= 15 is 0 Å². The molecule has 1 heterocycles. The van der Waals surface area contributed by atoms with Crippen LogP contribution in [0.5, 0.6) is 11.5 Å². The molecule has 0 radical (unpaired) electrons. The molecule has 4 aromatic rings. The fourth-order valence-corrected chi connectivity index (χ4v) is 6.62. The highest BCUT2D eigenvalue weighted by Gasteiger charge is 2.41. The Bertz CT molecular complexity index is 1810. The molecule has 0 bridgehead atoms. The number of carbonyl (C=O) groups excluding carboxylic acids is 2. The summed E-state index contributed by atoms with van der Waals surface area (Å²) in [5, 5.41) is 14.1. The molecule has 1 saturated heterocycles. The van der Waals surface area contributed by atoms with Crippen LogP contribution in [0, 0.1) is 13.8 Å². The predicted molar refractivity (Wildman–Crippen MR) is 183 cm³/mol. The Hall–Kier alpha value is -3.60. The third-order valence-corrected chi connectivity index (χ3v) is 9.09. The molecule has 3 N–H and O–H groups in total. The van der Waals surface area contributed by atoms with Crippen molar-refractivity contribution in [2.75, 3.05) is 10.3 Å². The van der Waals surface area contributed by atoms with E-state index in [-0.39, 0.29) is 27.3 Å². The van der Waals surface area contributed by atoms with Crippen LogP contribution in [0.4, 0.5) is 17.1 Å². The average Bonchev–Trinajstić information content (AvgIpc) is 3.27. The average molecular weight is 704 g/mol. The molecule has 5 rings (SSSR count). The van der Waals surface area contributed by atoms with E-state index in [1.165, 1.54) is 35.0 Å². The number of ether oxygens (including phenoxy) is 1. The largest absolute Gasteiger partial charge is 0.508 e. The van der Waals surface area contributed by atoms with E-state index in [1.807, 2.05) is 13.0 Å². The Balaban J connectivity index is 1.45. The normalized spacial score (nSPS) is 16.1. The van der Waals surface area contributed by atoms with Crippen molar-refractivity contribution in [2.45, 2.75) is 37.0 Å². The zero-order valence-corrected chi connectivity index (χ0v) is 27.9. The standard InChI is InChI=1S/C32H26Cl4N4O4S/c1-16-8-10-21(34)25(12-16)37-30-29(32(43)40(39-30)28-22(35)14-19(33)15-23(28)36)45-27-7-5-4-6-24(27)38-31(42)18(3)44-20-9-11-26(41)17(2)13-20/h4-15,18,29,41H,1-3H3,(H,37,39)(H,38,42). The maximum Gasteiger partial charge on any atom is 0.267 e. The smallest absolute Gasteiger partial charge is 0.267 e. The number of hydrazine groups is 1. The molecule has 4 aromatic carbocycles. The molecule has 232 valence electrons. The highest BCUT2D eigenvalue weighted by Crippen LogP contribution is 2.41. The number of rotatable bonds is 8. The van der Waals surface area contributed by atoms with Gasteiger partial charge in [0.1, 0.15) is 28.3 Å². The van der Waals surface area contributed by atoms with Gasteiger partial charge in [-0.25, -0.2) is 10.0 Å². The molecule has 45 heavy (non-hydrogen) atoms. The van der Waals surface area contributed by atoms with Crippen molar-refractivity contribution in [3.05, 3.63) is 104 Å². The van der Waals surface area contributed by atoms with Crippen LogP contribution >= 0.6 is 58.2 Å². The Morgan fingerprint density at radius 1 is 1.00 bits per heavy atom. The number of benzene rings is 4. The van der Waals surface area contributed by atoms with Crippen LogP contribution in [0.25, 0.3) is 0 Å². The summed E-state index contributed by atoms with van der Waals surface area (Å²) < 4.78 is 5.81. The van der Waals surface area contributed by atoms with E-state index in [4.69, 9.17) is 56.1 Å². The van der Waals surface area contributed by atoms with Crippen molar-refractivity contribution in [3.63, 3.8) is 0 Å². The number of halogens is 4. The number of amides is 2. The Morgan fingerprint density at radius 2 is 1.71 bits per heavy atom. The second kappa shape index (κ2) is 13.8. The van der Waals surface area contributed by atoms with Gasteiger partial charge in [-0.05, 0) is 86.5 Å². The second-order valence-corrected chi connectivity index (χ2v) is 13.0. The van der Waals surface area contributed by atoms with E-state index < -0.39 is 23.2 Å². The number of anilines is 2. The third-order valence-electron chi connectivity index (χ3n) is 6.71. The van der Waals surface area contributed by atoms with Gasteiger partial charge in [0.15, 0.2) is 6.10 Å². The predicted octanol–water partition coefficient (Wildman–Crippen LogP) is 8.77. The van der Waals surface area contributed by atoms with Gasteiger partial charge in [-0.1, -0.05) is 64.6 Å². The monoisotopic (exact) mass is 702 g/mol. The summed E-state index contributed by atoms with van der Waals surface area (Å²) in [6, 6.07) is 20.2. The van der Waals surface area contributed by atoms with Crippen molar-refractivity contribution in [2.24, 2.45) is 4.99 Å². The third kappa shape index (κ3) is 7.45. The maximum atomic E-state index is 14.0. The summed E-state index contributed by atoms with van der Waals surface area (Å²) in [6.07, 6.45) is -0.868. The van der Waals surface area contributed by atoms with Gasteiger partial charge in [0.05, 0.1) is 26.4 Å². The molecule has 8 nitrogen and oxygen atoms in total. The SMILES string of the molecule is Cc1ccc(Cl)c(N=C2NN(c3c(Cl)cc(Cl)cc3Cl)C(=O)C2Sc2ccccc2NC(=O)C(C)Oc2ccc(O)c(C)c2)c1. The van der Waals surface area contributed by atoms with Crippen LogP contribution < -0.4 is 20.5 Å². The van der Waals surface area contributed by atoms with E-state index in [0.717, 1.165) is 5.56 Å². The van der Waals surface area contributed by atoms with Gasteiger partial charge in [-0.2, -0.15) is 0 Å². The number of phenolic OH excluding ortho intramolecular Hbond substituents is 1. The van der Waals surface area contributed by atoms with Crippen LogP contribution in [-0.4, -0.2) is 34.1 Å². The second-order valence-electron chi connectivity index (χ2n) is 10.1. The number of amidine groups is 1. The molecular weight excluding hydrogens is 678 g/mol. The molecule has 0 aliphatic carbocycles. The van der Waals surface area contributed by atoms with Gasteiger partial charge in [-0.15, -0.1) is 11.8 Å². The van der Waals surface area contributed by atoms with E-state index in [1.54, 1.807) is 62.4 Å². The lowest BCUT2D eigenvalue weighted by atomic mass is 10.2. The lowest BCUT2D eigenvalue weighted by Gasteiger charge is -2.19. The number of nitrogens with zero attached hydrogens (tertiary/aromatic N) is 2. The quantitative estimate of drug-likeness (QED) is 0.170. The minimum absolute atomic E-state index is 0.133. The minimum Gasteiger partial charge on any atom is -0.508 e. The number of para-hydroxylation sites is 1. The van der Waals surface area contributed by atoms with Crippen LogP contribution in [0.2, 0.25) is 20.1 Å². The fourth-order valence-electron chi connectivity index (χ4n) is 4.40. The summed E-state index contributed by atoms with van der Waals surface area (Å²) in [4.78, 5) is 32.5. The number of hydrogen-bond donors (Lipinski definition) is 3. The Morgan fingerprint density at radius 3 is 2.42 bits per heavy atom. The van der Waals surface area contributed by atoms with Gasteiger partial charge in [0.2, 0.25) is 0 Å². The molecule has 2 amide bonds.